The van der Waals surface area contributed by atoms with Crippen LogP contribution in [0.2, 0.25) is 0 Å². The van der Waals surface area contributed by atoms with Gasteiger partial charge in [-0.25, -0.2) is 4.79 Å². The summed E-state index contributed by atoms with van der Waals surface area (Å²) in [5.41, 5.74) is 10.1. The third-order valence-electron chi connectivity index (χ3n) is 2.95. The molecule has 0 fully saturated rings. The Morgan fingerprint density at radius 1 is 0.923 bits per heavy atom. The van der Waals surface area contributed by atoms with Crippen LogP contribution in [0.4, 0.5) is 0 Å². The number of carbonyl (C=O) groups excluding carboxylic acids is 4. The van der Waals surface area contributed by atoms with E-state index in [2.05, 4.69) is 10.6 Å². The Bertz CT molecular complexity index is 579. The second-order valence-corrected chi connectivity index (χ2v) is 5.10. The average Bonchev–Trinajstić information content (AvgIpc) is 2.54. The number of carboxylic acid groups (broad SMARTS) is 2. The van der Waals surface area contributed by atoms with Crippen LogP contribution in [0.25, 0.3) is 0 Å². The topological polar surface area (TPSA) is 231 Å². The summed E-state index contributed by atoms with van der Waals surface area (Å²) in [6.07, 6.45) is -1.19. The molecule has 4 amide bonds. The highest BCUT2D eigenvalue weighted by atomic mass is 16.4. The zero-order valence-electron chi connectivity index (χ0n) is 13.7. The van der Waals surface area contributed by atoms with E-state index in [0.29, 0.717) is 0 Å². The molecule has 13 nitrogen and oxygen atoms in total. The molecule has 0 aromatic carbocycles. The summed E-state index contributed by atoms with van der Waals surface area (Å²) in [7, 11) is 0. The van der Waals surface area contributed by atoms with Crippen molar-refractivity contribution in [2.75, 3.05) is 13.1 Å². The van der Waals surface area contributed by atoms with Crippen molar-refractivity contribution < 1.29 is 39.0 Å². The smallest absolute Gasteiger partial charge is 0.326 e. The summed E-state index contributed by atoms with van der Waals surface area (Å²) in [4.78, 5) is 67.1. The molecule has 0 spiro atoms. The van der Waals surface area contributed by atoms with Gasteiger partial charge in [-0.05, 0) is 6.42 Å². The van der Waals surface area contributed by atoms with Crippen molar-refractivity contribution in [2.45, 2.75) is 31.3 Å². The minimum Gasteiger partial charge on any atom is -0.481 e. The lowest BCUT2D eigenvalue weighted by Crippen LogP contribution is -2.52. The van der Waals surface area contributed by atoms with E-state index in [0.717, 1.165) is 0 Å². The predicted octanol–water partition coefficient (Wildman–Crippen LogP) is -4.14. The lowest BCUT2D eigenvalue weighted by Gasteiger charge is -2.18. The van der Waals surface area contributed by atoms with Crippen LogP contribution in [-0.4, -0.2) is 71.0 Å². The monoisotopic (exact) mass is 375 g/mol. The van der Waals surface area contributed by atoms with Gasteiger partial charge in [0.05, 0.1) is 19.5 Å². The fraction of sp³-hybridized carbons (Fsp3) is 0.538. The van der Waals surface area contributed by atoms with Gasteiger partial charge in [0, 0.05) is 6.42 Å². The first-order chi connectivity index (χ1) is 12.1. The number of aliphatic carboxylic acids is 2. The molecule has 0 aromatic rings. The Labute approximate surface area is 147 Å². The third-order valence-corrected chi connectivity index (χ3v) is 2.95. The number of rotatable bonds is 12. The Kier molecular flexibility index (Phi) is 9.95. The van der Waals surface area contributed by atoms with Gasteiger partial charge >= 0.3 is 11.9 Å². The van der Waals surface area contributed by atoms with E-state index in [1.165, 1.54) is 0 Å². The number of nitrogens with two attached hydrogens (primary N) is 2. The van der Waals surface area contributed by atoms with E-state index in [4.69, 9.17) is 21.7 Å². The molecule has 0 heterocycles. The average molecular weight is 375 g/mol. The molecule has 146 valence electrons. The molecule has 0 rings (SSSR count). The maximum atomic E-state index is 12.0. The molecular weight excluding hydrogens is 354 g/mol. The van der Waals surface area contributed by atoms with Gasteiger partial charge in [-0.3, -0.25) is 24.0 Å². The molecule has 9 N–H and O–H groups in total. The molecular formula is C13H21N5O8. The SMILES string of the molecule is NCC(=O)NC(CCC(N)=O)C(=O)NCC(=O)NC(CC(=O)O)C(=O)O. The van der Waals surface area contributed by atoms with Crippen molar-refractivity contribution in [3.8, 4) is 0 Å². The molecule has 2 unspecified atom stereocenters. The fourth-order valence-electron chi connectivity index (χ4n) is 1.72. The number of carboxylic acids is 2. The molecule has 0 radical (unpaired) electrons. The quantitative estimate of drug-likeness (QED) is 0.175. The number of hydrogen-bond acceptors (Lipinski definition) is 7. The molecule has 0 aromatic heterocycles. The minimum absolute atomic E-state index is 0.134. The zero-order chi connectivity index (χ0) is 20.3. The van der Waals surface area contributed by atoms with Crippen LogP contribution >= 0.6 is 0 Å². The third kappa shape index (κ3) is 9.82. The van der Waals surface area contributed by atoms with Gasteiger partial charge < -0.3 is 37.6 Å². The van der Waals surface area contributed by atoms with Gasteiger partial charge in [0.15, 0.2) is 0 Å². The first kappa shape index (κ1) is 22.8. The lowest BCUT2D eigenvalue weighted by molar-refractivity contribution is -0.147. The molecule has 0 aliphatic rings. The first-order valence-electron chi connectivity index (χ1n) is 7.36. The van der Waals surface area contributed by atoms with Gasteiger partial charge in [-0.15, -0.1) is 0 Å². The molecule has 2 atom stereocenters. The second kappa shape index (κ2) is 11.4. The maximum Gasteiger partial charge on any atom is 0.326 e. The molecule has 0 bridgehead atoms. The number of carbonyl (C=O) groups is 6. The van der Waals surface area contributed by atoms with E-state index in [-0.39, 0.29) is 12.8 Å². The van der Waals surface area contributed by atoms with Crippen LogP contribution in [-0.2, 0) is 28.8 Å². The van der Waals surface area contributed by atoms with Crippen LogP contribution in [0.1, 0.15) is 19.3 Å². The van der Waals surface area contributed by atoms with E-state index in [1.807, 2.05) is 5.32 Å². The highest BCUT2D eigenvalue weighted by molar-refractivity contribution is 5.92. The largest absolute Gasteiger partial charge is 0.481 e. The molecule has 13 heteroatoms. The minimum atomic E-state index is -1.67. The van der Waals surface area contributed by atoms with Crippen LogP contribution in [0, 0.1) is 0 Å². The summed E-state index contributed by atoms with van der Waals surface area (Å²) in [6, 6.07) is -2.85. The molecule has 0 saturated carbocycles. The van der Waals surface area contributed by atoms with Crippen LogP contribution < -0.4 is 27.4 Å². The normalized spacial score (nSPS) is 12.3. The highest BCUT2D eigenvalue weighted by Gasteiger charge is 2.25. The summed E-state index contributed by atoms with van der Waals surface area (Å²) in [5, 5.41) is 23.7. The first-order valence-corrected chi connectivity index (χ1v) is 7.36. The predicted molar refractivity (Wildman–Crippen MR) is 84.2 cm³/mol. The van der Waals surface area contributed by atoms with Crippen molar-refractivity contribution in [3.05, 3.63) is 0 Å². The van der Waals surface area contributed by atoms with Crippen molar-refractivity contribution in [3.63, 3.8) is 0 Å². The summed E-state index contributed by atoms with van der Waals surface area (Å²) in [5.74, 6) is -6.15. The Hall–Kier alpha value is -3.22. The van der Waals surface area contributed by atoms with Crippen molar-refractivity contribution in [2.24, 2.45) is 11.5 Å². The maximum absolute atomic E-state index is 12.0. The second-order valence-electron chi connectivity index (χ2n) is 5.10. The van der Waals surface area contributed by atoms with Crippen LogP contribution in [0.5, 0.6) is 0 Å². The van der Waals surface area contributed by atoms with E-state index in [9.17, 15) is 28.8 Å². The van der Waals surface area contributed by atoms with Gasteiger partial charge in [0.2, 0.25) is 23.6 Å². The van der Waals surface area contributed by atoms with Crippen molar-refractivity contribution >= 4 is 35.6 Å². The molecule has 0 aliphatic carbocycles. The fourth-order valence-corrected chi connectivity index (χ4v) is 1.72. The summed E-state index contributed by atoms with van der Waals surface area (Å²) in [6.45, 7) is -1.08. The van der Waals surface area contributed by atoms with Crippen LogP contribution in [0.3, 0.4) is 0 Å². The standard InChI is InChI=1S/C13H21N5O8/c14-4-9(20)17-6(1-2-8(15)19)12(24)16-5-10(21)18-7(13(25)26)3-11(22)23/h6-7H,1-5,14H2,(H2,15,19)(H,16,24)(H,17,20)(H,18,21)(H,22,23)(H,25,26). The molecule has 0 saturated heterocycles. The molecule has 0 aliphatic heterocycles. The number of nitrogens with one attached hydrogen (secondary N) is 3. The van der Waals surface area contributed by atoms with E-state index in [1.54, 1.807) is 0 Å². The van der Waals surface area contributed by atoms with Gasteiger partial charge in [-0.2, -0.15) is 0 Å². The molecule has 26 heavy (non-hydrogen) atoms. The Morgan fingerprint density at radius 3 is 1.96 bits per heavy atom. The number of hydrogen-bond donors (Lipinski definition) is 7. The van der Waals surface area contributed by atoms with Crippen molar-refractivity contribution in [1.29, 1.82) is 0 Å². The van der Waals surface area contributed by atoms with E-state index >= 15 is 0 Å². The zero-order valence-corrected chi connectivity index (χ0v) is 13.7. The van der Waals surface area contributed by atoms with Crippen molar-refractivity contribution in [1.82, 2.24) is 16.0 Å². The van der Waals surface area contributed by atoms with Gasteiger partial charge in [0.1, 0.15) is 12.1 Å². The van der Waals surface area contributed by atoms with E-state index < -0.39 is 67.2 Å². The highest BCUT2D eigenvalue weighted by Crippen LogP contribution is 1.98. The summed E-state index contributed by atoms with van der Waals surface area (Å²) < 4.78 is 0. The van der Waals surface area contributed by atoms with Gasteiger partial charge in [0.25, 0.3) is 0 Å². The lowest BCUT2D eigenvalue weighted by atomic mass is 10.1. The summed E-state index contributed by atoms with van der Waals surface area (Å²) >= 11 is 0. The number of primary amides is 1. The Balaban J connectivity index is 4.68. The van der Waals surface area contributed by atoms with Crippen LogP contribution in [0.15, 0.2) is 0 Å². The number of amides is 4. The Morgan fingerprint density at radius 2 is 1.50 bits per heavy atom. The van der Waals surface area contributed by atoms with Gasteiger partial charge in [-0.1, -0.05) is 0 Å².